The second kappa shape index (κ2) is 26.3. The van der Waals surface area contributed by atoms with Crippen molar-refractivity contribution in [1.82, 2.24) is 0 Å². The van der Waals surface area contributed by atoms with Crippen molar-refractivity contribution in [2.75, 3.05) is 6.61 Å². The molecule has 0 aliphatic rings. The molecule has 3 aromatic carbocycles. The number of rotatable bonds is 8. The van der Waals surface area contributed by atoms with Crippen LogP contribution in [-0.2, 0) is 29.8 Å². The minimum atomic E-state index is -0.930. The van der Waals surface area contributed by atoms with Crippen LogP contribution in [0.4, 0.5) is 0 Å². The van der Waals surface area contributed by atoms with E-state index in [9.17, 15) is 10.1 Å². The summed E-state index contributed by atoms with van der Waals surface area (Å²) in [6.07, 6.45) is 0. The molecular formula is C31H48O5S2. The Morgan fingerprint density at radius 2 is 1.05 bits per heavy atom. The molecule has 0 unspecified atom stereocenters. The van der Waals surface area contributed by atoms with Crippen molar-refractivity contribution in [3.63, 3.8) is 0 Å². The third-order valence-electron chi connectivity index (χ3n) is 3.97. The van der Waals surface area contributed by atoms with Gasteiger partial charge in [0.15, 0.2) is 14.7 Å². The monoisotopic (exact) mass is 564 g/mol. The third-order valence-corrected chi connectivity index (χ3v) is 6.91. The molecule has 7 heteroatoms. The van der Waals surface area contributed by atoms with Gasteiger partial charge >= 0.3 is 5.97 Å². The SMILES string of the molecule is C.CC.CC.CC.CCOC(=O)C(C)(C)SOO[O-].c1ccc([S+](c2ccccc2)c2ccccc2)cc1. The van der Waals surface area contributed by atoms with Gasteiger partial charge in [0.25, 0.3) is 0 Å². The van der Waals surface area contributed by atoms with Crippen molar-refractivity contribution in [2.45, 2.75) is 89.2 Å². The van der Waals surface area contributed by atoms with Crippen LogP contribution in [0.5, 0.6) is 0 Å². The van der Waals surface area contributed by atoms with Crippen LogP contribution in [0.2, 0.25) is 0 Å². The second-order valence-electron chi connectivity index (χ2n) is 6.70. The van der Waals surface area contributed by atoms with Crippen LogP contribution in [0.15, 0.2) is 106 Å². The fourth-order valence-electron chi connectivity index (χ4n) is 2.52. The molecule has 0 saturated carbocycles. The number of esters is 1. The van der Waals surface area contributed by atoms with Crippen LogP contribution in [-0.4, -0.2) is 17.3 Å². The third kappa shape index (κ3) is 15.8. The Morgan fingerprint density at radius 3 is 1.32 bits per heavy atom. The highest BCUT2D eigenvalue weighted by Crippen LogP contribution is 2.30. The number of hydrogen-bond donors (Lipinski definition) is 0. The molecule has 3 rings (SSSR count). The van der Waals surface area contributed by atoms with E-state index in [1.54, 1.807) is 20.8 Å². The van der Waals surface area contributed by atoms with Gasteiger partial charge in [-0.3, -0.25) is 9.83 Å². The Hall–Kier alpha value is -2.29. The summed E-state index contributed by atoms with van der Waals surface area (Å²) in [4.78, 5) is 15.2. The minimum Gasteiger partial charge on any atom is -0.691 e. The topological polar surface area (TPSA) is 67.8 Å². The summed E-state index contributed by atoms with van der Waals surface area (Å²) in [5.41, 5.74) is 0. The fraction of sp³-hybridized carbons (Fsp3) is 0.387. The molecule has 0 spiro atoms. The molecule has 0 heterocycles. The Labute approximate surface area is 239 Å². The molecule has 0 fully saturated rings. The van der Waals surface area contributed by atoms with E-state index in [0.29, 0.717) is 18.6 Å². The lowest BCUT2D eigenvalue weighted by atomic mass is 10.2. The summed E-state index contributed by atoms with van der Waals surface area (Å²) in [5, 5.41) is 12.6. The molecule has 5 nitrogen and oxygen atoms in total. The fourth-order valence-corrected chi connectivity index (χ4v) is 4.95. The number of ether oxygens (including phenoxy) is 1. The molecule has 38 heavy (non-hydrogen) atoms. The normalized spacial score (nSPS) is 9.34. The first-order chi connectivity index (χ1) is 18.0. The minimum absolute atomic E-state index is 0. The van der Waals surface area contributed by atoms with E-state index in [1.807, 2.05) is 41.5 Å². The summed E-state index contributed by atoms with van der Waals surface area (Å²) < 4.78 is 7.80. The van der Waals surface area contributed by atoms with Crippen molar-refractivity contribution in [2.24, 2.45) is 0 Å². The quantitative estimate of drug-likeness (QED) is 0.0896. The molecule has 0 atom stereocenters. The Morgan fingerprint density at radius 1 is 0.737 bits per heavy atom. The maximum atomic E-state index is 11.1. The summed E-state index contributed by atoms with van der Waals surface area (Å²) >= 11 is 0.617. The predicted octanol–water partition coefficient (Wildman–Crippen LogP) is 8.70. The molecule has 0 aromatic heterocycles. The van der Waals surface area contributed by atoms with E-state index >= 15 is 0 Å². The van der Waals surface area contributed by atoms with Gasteiger partial charge in [0.2, 0.25) is 0 Å². The number of carbonyl (C=O) groups excluding carboxylic acids is 1. The molecule has 0 aliphatic carbocycles. The van der Waals surface area contributed by atoms with Gasteiger partial charge in [-0.05, 0) is 57.2 Å². The molecule has 0 aliphatic heterocycles. The molecule has 3 aromatic rings. The van der Waals surface area contributed by atoms with Crippen LogP contribution >= 0.6 is 12.0 Å². The Kier molecular flexibility index (Phi) is 27.9. The zero-order valence-electron chi connectivity index (χ0n) is 23.7. The Balaban J connectivity index is -0.000000564. The molecule has 214 valence electrons. The van der Waals surface area contributed by atoms with Gasteiger partial charge in [0.05, 0.1) is 17.5 Å². The van der Waals surface area contributed by atoms with Crippen LogP contribution in [0.3, 0.4) is 0 Å². The smallest absolute Gasteiger partial charge is 0.324 e. The number of hydrogen-bond acceptors (Lipinski definition) is 6. The molecule has 0 bridgehead atoms. The largest absolute Gasteiger partial charge is 0.691 e. The van der Waals surface area contributed by atoms with Crippen LogP contribution in [0.1, 0.15) is 69.7 Å². The van der Waals surface area contributed by atoms with Crippen LogP contribution < -0.4 is 5.26 Å². The van der Waals surface area contributed by atoms with Gasteiger partial charge in [0, 0.05) is 12.0 Å². The van der Waals surface area contributed by atoms with Crippen molar-refractivity contribution in [1.29, 1.82) is 0 Å². The summed E-state index contributed by atoms with van der Waals surface area (Å²) in [6, 6.07) is 32.2. The highest BCUT2D eigenvalue weighted by atomic mass is 32.2. The Bertz CT molecular complexity index is 798. The summed E-state index contributed by atoms with van der Waals surface area (Å²) in [7, 11) is -0.0146. The maximum absolute atomic E-state index is 11.1. The highest BCUT2D eigenvalue weighted by Gasteiger charge is 2.31. The predicted molar refractivity (Wildman–Crippen MR) is 163 cm³/mol. The van der Waals surface area contributed by atoms with Crippen molar-refractivity contribution >= 4 is 28.9 Å². The first-order valence-corrected chi connectivity index (χ1v) is 14.7. The molecule has 0 N–H and O–H groups in total. The van der Waals surface area contributed by atoms with Gasteiger partial charge in [-0.25, -0.2) is 0 Å². The van der Waals surface area contributed by atoms with E-state index in [0.717, 1.165) is 0 Å². The average molecular weight is 565 g/mol. The van der Waals surface area contributed by atoms with Crippen molar-refractivity contribution in [3.8, 4) is 0 Å². The zero-order chi connectivity index (χ0) is 28.5. The first-order valence-electron chi connectivity index (χ1n) is 12.7. The van der Waals surface area contributed by atoms with E-state index in [-0.39, 0.29) is 18.3 Å². The number of carbonyl (C=O) groups is 1. The van der Waals surface area contributed by atoms with E-state index in [4.69, 9.17) is 4.74 Å². The zero-order valence-corrected chi connectivity index (χ0v) is 25.4. The van der Waals surface area contributed by atoms with Gasteiger partial charge in [0.1, 0.15) is 4.75 Å². The summed E-state index contributed by atoms with van der Waals surface area (Å²) in [6.45, 7) is 17.1. The maximum Gasteiger partial charge on any atom is 0.324 e. The standard InChI is InChI=1S/C18H15S.C6H12O5S.3C2H6.CH4/c1-4-10-16(11-5-1)19(17-12-6-2-7-13-17)18-14-8-3-9-15-18;1-4-9-5(7)6(2,3)12-11-10-8;3*1-2;/h1-15H;8H,4H2,1-3H3;3*1-2H3;1H4/q+1;;;;;/p-1. The van der Waals surface area contributed by atoms with Crippen molar-refractivity contribution < 1.29 is 24.2 Å². The number of benzene rings is 3. The second-order valence-corrected chi connectivity index (χ2v) is 10.0. The van der Waals surface area contributed by atoms with Crippen LogP contribution in [0.25, 0.3) is 0 Å². The summed E-state index contributed by atoms with van der Waals surface area (Å²) in [5.74, 6) is -0.452. The van der Waals surface area contributed by atoms with Gasteiger partial charge in [-0.2, -0.15) is 4.33 Å². The molecule has 0 saturated heterocycles. The highest BCUT2D eigenvalue weighted by molar-refractivity contribution is 7.97. The van der Waals surface area contributed by atoms with Gasteiger partial charge in [-0.15, -0.1) is 0 Å². The van der Waals surface area contributed by atoms with E-state index in [1.165, 1.54) is 14.7 Å². The molecule has 0 radical (unpaired) electrons. The molecule has 0 amide bonds. The lowest BCUT2D eigenvalue weighted by molar-refractivity contribution is -0.777. The molecular weight excluding hydrogens is 516 g/mol. The average Bonchev–Trinajstić information content (AvgIpc) is 2.97. The lowest BCUT2D eigenvalue weighted by Gasteiger charge is -2.19. The first kappa shape index (κ1) is 40.2. The van der Waals surface area contributed by atoms with Crippen LogP contribution in [0, 0.1) is 0 Å². The van der Waals surface area contributed by atoms with E-state index in [2.05, 4.69) is 100 Å². The lowest BCUT2D eigenvalue weighted by Crippen LogP contribution is -2.30. The van der Waals surface area contributed by atoms with E-state index < -0.39 is 10.7 Å². The van der Waals surface area contributed by atoms with Gasteiger partial charge in [-0.1, -0.05) is 104 Å². The van der Waals surface area contributed by atoms with Gasteiger partial charge < -0.3 is 9.99 Å². The van der Waals surface area contributed by atoms with Crippen molar-refractivity contribution in [3.05, 3.63) is 91.0 Å².